The van der Waals surface area contributed by atoms with Crippen LogP contribution in [0.15, 0.2) is 48.5 Å². The Morgan fingerprint density at radius 3 is 2.45 bits per heavy atom. The zero-order valence-corrected chi connectivity index (χ0v) is 22.2. The van der Waals surface area contributed by atoms with E-state index in [1.54, 1.807) is 12.1 Å². The Morgan fingerprint density at radius 2 is 1.68 bits per heavy atom. The van der Waals surface area contributed by atoms with Crippen LogP contribution >= 0.6 is 0 Å². The van der Waals surface area contributed by atoms with Gasteiger partial charge < -0.3 is 21.3 Å². The molecule has 0 radical (unpaired) electrons. The van der Waals surface area contributed by atoms with Gasteiger partial charge in [-0.05, 0) is 86.7 Å². The second-order valence-corrected chi connectivity index (χ2v) is 11.3. The van der Waals surface area contributed by atoms with Crippen molar-refractivity contribution in [3.8, 4) is 0 Å². The summed E-state index contributed by atoms with van der Waals surface area (Å²) in [6.45, 7) is 1.33. The number of hydrogen-bond acceptors (Lipinski definition) is 4. The number of anilines is 2. The van der Waals surface area contributed by atoms with Crippen molar-refractivity contribution in [3.05, 3.63) is 59.7 Å². The maximum absolute atomic E-state index is 13.9. The van der Waals surface area contributed by atoms with Gasteiger partial charge in [-0.15, -0.1) is 0 Å². The van der Waals surface area contributed by atoms with Gasteiger partial charge >= 0.3 is 0 Å². The highest BCUT2D eigenvalue weighted by molar-refractivity contribution is 6.12. The van der Waals surface area contributed by atoms with Crippen LogP contribution in [-0.2, 0) is 4.79 Å². The largest absolute Gasteiger partial charge is 0.352 e. The van der Waals surface area contributed by atoms with Crippen LogP contribution in [0.5, 0.6) is 0 Å². The zero-order valence-electron chi connectivity index (χ0n) is 22.2. The molecule has 3 unspecified atom stereocenters. The molecule has 1 heterocycles. The van der Waals surface area contributed by atoms with Gasteiger partial charge in [0.05, 0.1) is 11.4 Å². The number of rotatable bonds is 6. The van der Waals surface area contributed by atoms with Crippen LogP contribution in [0.2, 0.25) is 0 Å². The molecule has 0 saturated heterocycles. The number of nitrogens with two attached hydrogens (primary N) is 1. The molecule has 3 atom stereocenters. The third kappa shape index (κ3) is 5.93. The molecular weight excluding hydrogens is 476 g/mol. The normalized spacial score (nSPS) is 24.2. The van der Waals surface area contributed by atoms with Crippen molar-refractivity contribution in [3.63, 3.8) is 0 Å². The SMILES string of the molecule is NCC1CCCC(CNC(=O)c2ccc3c(c2)NC(=O)CC(C2CCCCC2)N3C(=O)c2ccccc2)C1. The van der Waals surface area contributed by atoms with Gasteiger partial charge in [0.1, 0.15) is 0 Å². The number of carbonyl (C=O) groups is 3. The molecule has 4 N–H and O–H groups in total. The van der Waals surface area contributed by atoms with E-state index in [2.05, 4.69) is 10.6 Å². The predicted octanol–water partition coefficient (Wildman–Crippen LogP) is 5.12. The molecule has 2 fully saturated rings. The fourth-order valence-electron chi connectivity index (χ4n) is 6.67. The topological polar surface area (TPSA) is 105 Å². The van der Waals surface area contributed by atoms with Crippen molar-refractivity contribution >= 4 is 29.1 Å². The molecule has 3 amide bonds. The zero-order chi connectivity index (χ0) is 26.5. The van der Waals surface area contributed by atoms with Crippen molar-refractivity contribution in [2.45, 2.75) is 70.3 Å². The molecule has 7 heteroatoms. The summed E-state index contributed by atoms with van der Waals surface area (Å²) in [7, 11) is 0. The van der Waals surface area contributed by atoms with Crippen LogP contribution < -0.4 is 21.3 Å². The van der Waals surface area contributed by atoms with Crippen LogP contribution in [0.1, 0.15) is 84.9 Å². The quantitative estimate of drug-likeness (QED) is 0.496. The third-order valence-corrected chi connectivity index (χ3v) is 8.73. The summed E-state index contributed by atoms with van der Waals surface area (Å²) in [4.78, 5) is 42.0. The lowest BCUT2D eigenvalue weighted by Gasteiger charge is -2.37. The number of nitrogens with one attached hydrogen (secondary N) is 2. The minimum absolute atomic E-state index is 0.108. The predicted molar refractivity (Wildman–Crippen MR) is 150 cm³/mol. The molecule has 202 valence electrons. The lowest BCUT2D eigenvalue weighted by atomic mass is 9.81. The Morgan fingerprint density at radius 1 is 0.921 bits per heavy atom. The number of nitrogens with zero attached hydrogens (tertiary/aromatic N) is 1. The molecule has 0 spiro atoms. The van der Waals surface area contributed by atoms with E-state index in [-0.39, 0.29) is 36.1 Å². The van der Waals surface area contributed by atoms with Crippen molar-refractivity contribution in [2.75, 3.05) is 23.3 Å². The van der Waals surface area contributed by atoms with Gasteiger partial charge in [-0.2, -0.15) is 0 Å². The summed E-state index contributed by atoms with van der Waals surface area (Å²) in [5, 5.41) is 6.11. The van der Waals surface area contributed by atoms with Gasteiger partial charge in [-0.1, -0.05) is 43.9 Å². The standard InChI is InChI=1S/C31H40N4O3/c32-19-21-8-7-9-22(16-21)20-33-30(37)25-14-15-27-26(17-25)34-29(36)18-28(23-10-3-1-4-11-23)35(27)31(38)24-12-5-2-6-13-24/h2,5-6,12-15,17,21-23,28H,1,3-4,7-11,16,18-20,32H2,(H,33,37)(H,34,36). The van der Waals surface area contributed by atoms with Crippen molar-refractivity contribution in [1.29, 1.82) is 0 Å². The smallest absolute Gasteiger partial charge is 0.258 e. The Balaban J connectivity index is 1.41. The number of benzene rings is 2. The molecule has 38 heavy (non-hydrogen) atoms. The second-order valence-electron chi connectivity index (χ2n) is 11.3. The first-order valence-electron chi connectivity index (χ1n) is 14.3. The number of carbonyl (C=O) groups excluding carboxylic acids is 3. The number of fused-ring (bicyclic) bond motifs is 1. The fourth-order valence-corrected chi connectivity index (χ4v) is 6.67. The van der Waals surface area contributed by atoms with E-state index in [9.17, 15) is 14.4 Å². The highest BCUT2D eigenvalue weighted by Crippen LogP contribution is 2.39. The highest BCUT2D eigenvalue weighted by Gasteiger charge is 2.38. The van der Waals surface area contributed by atoms with Gasteiger partial charge in [0.2, 0.25) is 5.91 Å². The first-order chi connectivity index (χ1) is 18.5. The lowest BCUT2D eigenvalue weighted by molar-refractivity contribution is -0.116. The Bertz CT molecular complexity index is 1150. The van der Waals surface area contributed by atoms with Gasteiger partial charge in [0.25, 0.3) is 11.8 Å². The summed E-state index contributed by atoms with van der Waals surface area (Å²) in [6, 6.07) is 14.4. The van der Waals surface area contributed by atoms with Crippen LogP contribution in [0, 0.1) is 17.8 Å². The van der Waals surface area contributed by atoms with Crippen molar-refractivity contribution < 1.29 is 14.4 Å². The fraction of sp³-hybridized carbons (Fsp3) is 0.516. The molecule has 1 aliphatic heterocycles. The second kappa shape index (κ2) is 12.1. The highest BCUT2D eigenvalue weighted by atomic mass is 16.2. The van der Waals surface area contributed by atoms with E-state index in [0.29, 0.717) is 47.4 Å². The summed E-state index contributed by atoms with van der Waals surface area (Å²) >= 11 is 0. The van der Waals surface area contributed by atoms with Gasteiger partial charge in [0, 0.05) is 30.1 Å². The molecule has 2 aliphatic carbocycles. The van der Waals surface area contributed by atoms with Gasteiger partial charge in [-0.25, -0.2) is 0 Å². The van der Waals surface area contributed by atoms with E-state index >= 15 is 0 Å². The van der Waals surface area contributed by atoms with Gasteiger partial charge in [-0.3, -0.25) is 14.4 Å². The molecule has 3 aliphatic rings. The van der Waals surface area contributed by atoms with E-state index < -0.39 is 0 Å². The third-order valence-electron chi connectivity index (χ3n) is 8.73. The Kier molecular flexibility index (Phi) is 8.42. The van der Waals surface area contributed by atoms with E-state index in [0.717, 1.165) is 44.9 Å². The maximum atomic E-state index is 13.9. The monoisotopic (exact) mass is 516 g/mol. The van der Waals surface area contributed by atoms with E-state index in [1.807, 2.05) is 41.3 Å². The summed E-state index contributed by atoms with van der Waals surface area (Å²) in [5.74, 6) is 0.867. The Hall–Kier alpha value is -3.19. The first-order valence-corrected chi connectivity index (χ1v) is 14.3. The summed E-state index contributed by atoms with van der Waals surface area (Å²) in [5.41, 5.74) is 8.14. The van der Waals surface area contributed by atoms with Crippen LogP contribution in [0.3, 0.4) is 0 Å². The minimum atomic E-state index is -0.217. The summed E-state index contributed by atoms with van der Waals surface area (Å²) < 4.78 is 0. The van der Waals surface area contributed by atoms with Crippen LogP contribution in [0.4, 0.5) is 11.4 Å². The van der Waals surface area contributed by atoms with Crippen molar-refractivity contribution in [1.82, 2.24) is 5.32 Å². The summed E-state index contributed by atoms with van der Waals surface area (Å²) in [6.07, 6.45) is 10.2. The molecular formula is C31H40N4O3. The molecule has 0 aromatic heterocycles. The van der Waals surface area contributed by atoms with E-state index in [1.165, 1.54) is 12.8 Å². The van der Waals surface area contributed by atoms with Crippen LogP contribution in [-0.4, -0.2) is 36.9 Å². The Labute approximate surface area is 225 Å². The van der Waals surface area contributed by atoms with E-state index in [4.69, 9.17) is 5.73 Å². The van der Waals surface area contributed by atoms with Crippen molar-refractivity contribution in [2.24, 2.45) is 23.5 Å². The number of amides is 3. The number of hydrogen-bond donors (Lipinski definition) is 3. The lowest BCUT2D eigenvalue weighted by Crippen LogP contribution is -2.46. The van der Waals surface area contributed by atoms with Crippen LogP contribution in [0.25, 0.3) is 0 Å². The molecule has 2 saturated carbocycles. The minimum Gasteiger partial charge on any atom is -0.352 e. The first kappa shape index (κ1) is 26.4. The molecule has 2 aromatic carbocycles. The molecule has 0 bridgehead atoms. The molecule has 7 nitrogen and oxygen atoms in total. The molecule has 2 aromatic rings. The average Bonchev–Trinajstić information content (AvgIpc) is 3.11. The maximum Gasteiger partial charge on any atom is 0.258 e. The molecule has 5 rings (SSSR count). The van der Waals surface area contributed by atoms with Gasteiger partial charge in [0.15, 0.2) is 0 Å². The average molecular weight is 517 g/mol.